The van der Waals surface area contributed by atoms with Crippen LogP contribution in [-0.2, 0) is 22.6 Å². The van der Waals surface area contributed by atoms with E-state index in [-0.39, 0.29) is 18.1 Å². The predicted molar refractivity (Wildman–Crippen MR) is 110 cm³/mol. The number of hydrogen-bond acceptors (Lipinski definition) is 4. The third-order valence-corrected chi connectivity index (χ3v) is 4.76. The van der Waals surface area contributed by atoms with E-state index in [4.69, 9.17) is 9.47 Å². The number of carbonyl (C=O) groups is 1. The number of rotatable bonds is 8. The number of para-hydroxylation sites is 1. The largest absolute Gasteiger partial charge is 0.493 e. The number of ether oxygens (including phenoxy) is 2. The van der Waals surface area contributed by atoms with Gasteiger partial charge in [0, 0.05) is 26.2 Å². The molecule has 5 nitrogen and oxygen atoms in total. The Balaban J connectivity index is 1.37. The van der Waals surface area contributed by atoms with Gasteiger partial charge >= 0.3 is 0 Å². The maximum atomic E-state index is 12.0. The number of benzene rings is 2. The van der Waals surface area contributed by atoms with Gasteiger partial charge in [0.1, 0.15) is 5.75 Å². The lowest BCUT2D eigenvalue weighted by molar-refractivity contribution is -0.121. The number of amides is 1. The van der Waals surface area contributed by atoms with E-state index in [0.29, 0.717) is 19.6 Å². The normalized spacial score (nSPS) is 19.9. The third-order valence-electron chi connectivity index (χ3n) is 4.76. The Morgan fingerprint density at radius 1 is 1.04 bits per heavy atom. The highest BCUT2D eigenvalue weighted by Gasteiger charge is 2.21. The van der Waals surface area contributed by atoms with E-state index in [1.165, 1.54) is 5.56 Å². The fourth-order valence-electron chi connectivity index (χ4n) is 3.50. The second-order valence-corrected chi connectivity index (χ2v) is 7.46. The van der Waals surface area contributed by atoms with Gasteiger partial charge in [-0.15, -0.1) is 0 Å². The summed E-state index contributed by atoms with van der Waals surface area (Å²) >= 11 is 0. The van der Waals surface area contributed by atoms with Crippen LogP contribution in [0.5, 0.6) is 5.75 Å². The van der Waals surface area contributed by atoms with Crippen LogP contribution in [0.2, 0.25) is 0 Å². The molecule has 2 atom stereocenters. The van der Waals surface area contributed by atoms with Gasteiger partial charge in [-0.2, -0.15) is 0 Å². The number of nitrogens with zero attached hydrogens (tertiary/aromatic N) is 1. The molecule has 0 saturated carbocycles. The first-order chi connectivity index (χ1) is 13.6. The first-order valence-corrected chi connectivity index (χ1v) is 9.98. The minimum atomic E-state index is -0.00343. The van der Waals surface area contributed by atoms with E-state index in [1.807, 2.05) is 30.3 Å². The Morgan fingerprint density at radius 2 is 1.68 bits per heavy atom. The fourth-order valence-corrected chi connectivity index (χ4v) is 3.50. The van der Waals surface area contributed by atoms with Crippen LogP contribution in [0, 0.1) is 0 Å². The van der Waals surface area contributed by atoms with Crippen LogP contribution in [-0.4, -0.2) is 42.7 Å². The van der Waals surface area contributed by atoms with Crippen molar-refractivity contribution >= 4 is 5.91 Å². The fraction of sp³-hybridized carbons (Fsp3) is 0.435. The van der Waals surface area contributed by atoms with Gasteiger partial charge in [0.2, 0.25) is 5.91 Å². The first-order valence-electron chi connectivity index (χ1n) is 9.98. The first kappa shape index (κ1) is 20.4. The summed E-state index contributed by atoms with van der Waals surface area (Å²) in [5, 5.41) is 2.95. The summed E-state index contributed by atoms with van der Waals surface area (Å²) in [4.78, 5) is 14.4. The molecule has 2 aromatic rings. The Kier molecular flexibility index (Phi) is 7.46. The Morgan fingerprint density at radius 3 is 2.36 bits per heavy atom. The monoisotopic (exact) mass is 382 g/mol. The zero-order valence-corrected chi connectivity index (χ0v) is 16.8. The van der Waals surface area contributed by atoms with Crippen LogP contribution in [0.25, 0.3) is 0 Å². The van der Waals surface area contributed by atoms with Crippen molar-refractivity contribution in [1.29, 1.82) is 0 Å². The van der Waals surface area contributed by atoms with Gasteiger partial charge in [-0.3, -0.25) is 9.69 Å². The number of nitrogens with one attached hydrogen (secondary N) is 1. The van der Waals surface area contributed by atoms with Gasteiger partial charge in [-0.1, -0.05) is 42.5 Å². The number of hydrogen-bond donors (Lipinski definition) is 1. The van der Waals surface area contributed by atoms with Gasteiger partial charge in [-0.25, -0.2) is 0 Å². The molecule has 28 heavy (non-hydrogen) atoms. The van der Waals surface area contributed by atoms with Gasteiger partial charge in [-0.05, 0) is 37.1 Å². The van der Waals surface area contributed by atoms with E-state index in [0.717, 1.165) is 30.9 Å². The molecule has 1 amide bonds. The molecule has 1 heterocycles. The number of morpholine rings is 1. The highest BCUT2D eigenvalue weighted by Crippen LogP contribution is 2.15. The Hall–Kier alpha value is -2.37. The predicted octanol–water partition coefficient (Wildman–Crippen LogP) is 3.38. The van der Waals surface area contributed by atoms with E-state index >= 15 is 0 Å². The van der Waals surface area contributed by atoms with Gasteiger partial charge in [0.05, 0.1) is 25.2 Å². The van der Waals surface area contributed by atoms with E-state index in [9.17, 15) is 4.79 Å². The molecular formula is C23H30N2O3. The Bertz CT molecular complexity index is 723. The summed E-state index contributed by atoms with van der Waals surface area (Å²) < 4.78 is 11.3. The minimum Gasteiger partial charge on any atom is -0.493 e. The quantitative estimate of drug-likeness (QED) is 0.760. The van der Waals surface area contributed by atoms with E-state index in [2.05, 4.69) is 48.3 Å². The maximum absolute atomic E-state index is 12.0. The molecule has 0 spiro atoms. The molecule has 150 valence electrons. The molecule has 1 aliphatic heterocycles. The highest BCUT2D eigenvalue weighted by molar-refractivity contribution is 5.76. The molecule has 1 saturated heterocycles. The van der Waals surface area contributed by atoms with Crippen molar-refractivity contribution in [3.05, 3.63) is 65.7 Å². The van der Waals surface area contributed by atoms with Crippen LogP contribution in [0.3, 0.4) is 0 Å². The molecule has 0 radical (unpaired) electrons. The Labute approximate surface area is 167 Å². The van der Waals surface area contributed by atoms with Crippen molar-refractivity contribution in [3.63, 3.8) is 0 Å². The average molecular weight is 383 g/mol. The lowest BCUT2D eigenvalue weighted by atomic mass is 10.1. The molecule has 0 aliphatic carbocycles. The van der Waals surface area contributed by atoms with Crippen LogP contribution in [0.4, 0.5) is 0 Å². The van der Waals surface area contributed by atoms with Crippen molar-refractivity contribution in [2.75, 3.05) is 19.7 Å². The van der Waals surface area contributed by atoms with Crippen molar-refractivity contribution < 1.29 is 14.3 Å². The minimum absolute atomic E-state index is 0.00343. The summed E-state index contributed by atoms with van der Waals surface area (Å²) in [6, 6.07) is 18.0. The molecule has 0 aromatic heterocycles. The smallest absolute Gasteiger partial charge is 0.223 e. The van der Waals surface area contributed by atoms with Crippen LogP contribution in [0.1, 0.15) is 31.4 Å². The molecular weight excluding hydrogens is 352 g/mol. The topological polar surface area (TPSA) is 50.8 Å². The summed E-state index contributed by atoms with van der Waals surface area (Å²) in [5.74, 6) is 0.784. The molecule has 1 aliphatic rings. The van der Waals surface area contributed by atoms with Gasteiger partial charge < -0.3 is 14.8 Å². The molecule has 2 aromatic carbocycles. The molecule has 1 N–H and O–H groups in total. The van der Waals surface area contributed by atoms with Gasteiger partial charge in [0.15, 0.2) is 0 Å². The maximum Gasteiger partial charge on any atom is 0.223 e. The average Bonchev–Trinajstić information content (AvgIpc) is 2.67. The van der Waals surface area contributed by atoms with Crippen LogP contribution < -0.4 is 10.1 Å². The molecule has 1 fully saturated rings. The standard InChI is InChI=1S/C23H30N2O3/c1-18-15-25(16-19(2)28-18)17-21-10-8-20(9-11-21)14-24-23(26)12-13-27-22-6-4-3-5-7-22/h3-11,18-19H,12-17H2,1-2H3,(H,24,26). The summed E-state index contributed by atoms with van der Waals surface area (Å²) in [6.45, 7) is 8.03. The lowest BCUT2D eigenvalue weighted by Gasteiger charge is -2.35. The molecule has 0 bridgehead atoms. The highest BCUT2D eigenvalue weighted by atomic mass is 16.5. The van der Waals surface area contributed by atoms with Crippen LogP contribution in [0.15, 0.2) is 54.6 Å². The second-order valence-electron chi connectivity index (χ2n) is 7.46. The summed E-state index contributed by atoms with van der Waals surface area (Å²) in [7, 11) is 0. The zero-order chi connectivity index (χ0) is 19.8. The SMILES string of the molecule is CC1CN(Cc2ccc(CNC(=O)CCOc3ccccc3)cc2)CC(C)O1. The summed E-state index contributed by atoms with van der Waals surface area (Å²) in [5.41, 5.74) is 2.39. The van der Waals surface area contributed by atoms with Gasteiger partial charge in [0.25, 0.3) is 0 Å². The van der Waals surface area contributed by atoms with Crippen molar-refractivity contribution in [2.45, 2.75) is 45.6 Å². The molecule has 3 rings (SSSR count). The molecule has 5 heteroatoms. The van der Waals surface area contributed by atoms with Crippen molar-refractivity contribution in [2.24, 2.45) is 0 Å². The third kappa shape index (κ3) is 6.66. The molecule has 2 unspecified atom stereocenters. The van der Waals surface area contributed by atoms with E-state index in [1.54, 1.807) is 0 Å². The number of carbonyl (C=O) groups excluding carboxylic acids is 1. The zero-order valence-electron chi connectivity index (χ0n) is 16.8. The second kappa shape index (κ2) is 10.2. The van der Waals surface area contributed by atoms with Crippen molar-refractivity contribution in [3.8, 4) is 5.75 Å². The van der Waals surface area contributed by atoms with Crippen LogP contribution >= 0.6 is 0 Å². The lowest BCUT2D eigenvalue weighted by Crippen LogP contribution is -2.44. The van der Waals surface area contributed by atoms with Crippen molar-refractivity contribution in [1.82, 2.24) is 10.2 Å². The van der Waals surface area contributed by atoms with E-state index < -0.39 is 0 Å². The summed E-state index contributed by atoms with van der Waals surface area (Å²) in [6.07, 6.45) is 0.911.